The van der Waals surface area contributed by atoms with Gasteiger partial charge in [0.2, 0.25) is 0 Å². The Bertz CT molecular complexity index is 1450. The number of piperazine rings is 1. The van der Waals surface area contributed by atoms with E-state index in [0.29, 0.717) is 37.0 Å². The molecular formula is C27H31F4N7O3. The van der Waals surface area contributed by atoms with E-state index < -0.39 is 29.3 Å². The Hall–Kier alpha value is -4.04. The molecule has 10 nitrogen and oxygen atoms in total. The first-order valence-electron chi connectivity index (χ1n) is 13.1. The van der Waals surface area contributed by atoms with Crippen molar-refractivity contribution >= 4 is 17.4 Å². The molecule has 0 radical (unpaired) electrons. The van der Waals surface area contributed by atoms with Crippen LogP contribution in [-0.2, 0) is 12.7 Å². The fourth-order valence-corrected chi connectivity index (χ4v) is 4.51. The molecule has 1 aliphatic heterocycles. The highest BCUT2D eigenvalue weighted by molar-refractivity contribution is 6.00. The maximum Gasteiger partial charge on any atom is 0.416 e. The molecule has 0 unspecified atom stereocenters. The second kappa shape index (κ2) is 12.6. The lowest BCUT2D eigenvalue weighted by molar-refractivity contribution is -0.138. The zero-order chi connectivity index (χ0) is 29.7. The molecule has 2 aromatic heterocycles. The van der Waals surface area contributed by atoms with Crippen LogP contribution in [0.1, 0.15) is 30.7 Å². The first-order chi connectivity index (χ1) is 19.5. The van der Waals surface area contributed by atoms with E-state index in [0.717, 1.165) is 25.7 Å². The average molecular weight is 578 g/mol. The number of aromatic nitrogens is 3. The Morgan fingerprint density at radius 3 is 2.39 bits per heavy atom. The zero-order valence-electron chi connectivity index (χ0n) is 22.9. The fourth-order valence-electron chi connectivity index (χ4n) is 4.51. The number of aromatic amines is 1. The van der Waals surface area contributed by atoms with Crippen LogP contribution < -0.4 is 20.9 Å². The summed E-state index contributed by atoms with van der Waals surface area (Å²) in [4.78, 5) is 39.4. The predicted octanol–water partition coefficient (Wildman–Crippen LogP) is 4.48. The van der Waals surface area contributed by atoms with Crippen molar-refractivity contribution in [3.05, 3.63) is 63.6 Å². The van der Waals surface area contributed by atoms with Crippen LogP contribution in [0.25, 0.3) is 11.4 Å². The van der Waals surface area contributed by atoms with Crippen LogP contribution in [0, 0.1) is 12.7 Å². The Morgan fingerprint density at radius 1 is 1.07 bits per heavy atom. The molecule has 0 aliphatic carbocycles. The number of pyridine rings is 1. The summed E-state index contributed by atoms with van der Waals surface area (Å²) in [6.07, 6.45) is -2.06. The number of anilines is 2. The molecule has 3 heterocycles. The van der Waals surface area contributed by atoms with Gasteiger partial charge in [0.15, 0.2) is 5.82 Å². The second-order valence-corrected chi connectivity index (χ2v) is 9.48. The van der Waals surface area contributed by atoms with Gasteiger partial charge in [0.1, 0.15) is 11.6 Å². The summed E-state index contributed by atoms with van der Waals surface area (Å²) in [5, 5.41) is 4.60. The number of urea groups is 1. The summed E-state index contributed by atoms with van der Waals surface area (Å²) in [7, 11) is 0. The van der Waals surface area contributed by atoms with E-state index in [2.05, 4.69) is 30.5 Å². The molecule has 0 saturated carbocycles. The van der Waals surface area contributed by atoms with Crippen LogP contribution in [0.3, 0.4) is 0 Å². The summed E-state index contributed by atoms with van der Waals surface area (Å²) in [5.41, 5.74) is -1.31. The molecule has 2 amide bonds. The summed E-state index contributed by atoms with van der Waals surface area (Å²) in [6, 6.07) is 1.73. The molecule has 41 heavy (non-hydrogen) atoms. The van der Waals surface area contributed by atoms with Gasteiger partial charge in [0.05, 0.1) is 41.0 Å². The molecule has 3 N–H and O–H groups in total. The van der Waals surface area contributed by atoms with E-state index in [4.69, 9.17) is 4.74 Å². The molecule has 14 heteroatoms. The number of hydrogen-bond acceptors (Lipinski definition) is 7. The van der Waals surface area contributed by atoms with Crippen LogP contribution in [-0.4, -0.2) is 70.1 Å². The minimum atomic E-state index is -4.75. The van der Waals surface area contributed by atoms with Gasteiger partial charge < -0.3 is 25.3 Å². The molecule has 4 rings (SSSR count). The van der Waals surface area contributed by atoms with Gasteiger partial charge in [-0.2, -0.15) is 13.2 Å². The minimum Gasteiger partial charge on any atom is -0.493 e. The molecule has 0 atom stereocenters. The van der Waals surface area contributed by atoms with Gasteiger partial charge in [-0.15, -0.1) is 0 Å². The van der Waals surface area contributed by atoms with Crippen LogP contribution in [0.2, 0.25) is 0 Å². The Balaban J connectivity index is 1.50. The minimum absolute atomic E-state index is 0.0566. The van der Waals surface area contributed by atoms with Crippen molar-refractivity contribution in [2.24, 2.45) is 0 Å². The molecule has 0 spiro atoms. The van der Waals surface area contributed by atoms with Crippen molar-refractivity contribution < 1.29 is 27.1 Å². The van der Waals surface area contributed by atoms with E-state index in [-0.39, 0.29) is 34.9 Å². The topological polar surface area (TPSA) is 115 Å². The van der Waals surface area contributed by atoms with E-state index in [1.807, 2.05) is 11.8 Å². The third-order valence-corrected chi connectivity index (χ3v) is 6.71. The Labute approximate surface area is 233 Å². The second-order valence-electron chi connectivity index (χ2n) is 9.48. The number of H-pyrrole nitrogens is 1. The fraction of sp³-hybridized carbons (Fsp3) is 0.407. The van der Waals surface area contributed by atoms with Crippen molar-refractivity contribution in [2.45, 2.75) is 33.5 Å². The number of halogens is 4. The number of benzene rings is 1. The zero-order valence-corrected chi connectivity index (χ0v) is 22.9. The third-order valence-electron chi connectivity index (χ3n) is 6.71. The summed E-state index contributed by atoms with van der Waals surface area (Å²) < 4.78 is 62.2. The van der Waals surface area contributed by atoms with Crippen LogP contribution in [0.5, 0.6) is 5.75 Å². The smallest absolute Gasteiger partial charge is 0.416 e. The molecule has 1 aromatic carbocycles. The monoisotopic (exact) mass is 577 g/mol. The first-order valence-corrected chi connectivity index (χ1v) is 13.1. The molecule has 220 valence electrons. The number of nitrogens with zero attached hydrogens (tertiary/aromatic N) is 4. The molecule has 1 aliphatic rings. The number of ether oxygens (including phenoxy) is 1. The summed E-state index contributed by atoms with van der Waals surface area (Å²) in [6.45, 7) is 9.05. The molecule has 1 fully saturated rings. The molecule has 3 aromatic rings. The standard InChI is InChI=1S/C27H31F4N7O3/c1-4-37-6-8-38(9-7-37)15-17-10-20(28)21(11-19(17)27(29,30)31)35-26(40)36-22-14-33-25(34-16(22)3)18-13-32-24(39)12-23(18)41-5-2/h10-14H,4-9,15H2,1-3H3,(H,32,39)(H2,35,36,40). The van der Waals surface area contributed by atoms with Gasteiger partial charge in [-0.25, -0.2) is 19.2 Å². The van der Waals surface area contributed by atoms with Gasteiger partial charge in [-0.1, -0.05) is 6.92 Å². The number of alkyl halides is 3. The van der Waals surface area contributed by atoms with Gasteiger partial charge >= 0.3 is 12.2 Å². The number of carbonyl (C=O) groups excluding carboxylic acids is 1. The van der Waals surface area contributed by atoms with Gasteiger partial charge in [0.25, 0.3) is 5.56 Å². The molecular weight excluding hydrogens is 546 g/mol. The highest BCUT2D eigenvalue weighted by Crippen LogP contribution is 2.36. The average Bonchev–Trinajstić information content (AvgIpc) is 2.91. The van der Waals surface area contributed by atoms with Crippen LogP contribution in [0.15, 0.2) is 35.4 Å². The number of nitrogens with one attached hydrogen (secondary N) is 3. The lowest BCUT2D eigenvalue weighted by Crippen LogP contribution is -2.45. The van der Waals surface area contributed by atoms with Gasteiger partial charge in [0, 0.05) is 45.0 Å². The van der Waals surface area contributed by atoms with Crippen molar-refractivity contribution in [1.29, 1.82) is 0 Å². The van der Waals surface area contributed by atoms with E-state index in [1.54, 1.807) is 13.8 Å². The first kappa shape index (κ1) is 29.9. The highest BCUT2D eigenvalue weighted by Gasteiger charge is 2.35. The summed E-state index contributed by atoms with van der Waals surface area (Å²) in [5.74, 6) is -0.502. The van der Waals surface area contributed by atoms with Crippen molar-refractivity contribution in [3.8, 4) is 17.1 Å². The maximum absolute atomic E-state index is 14.9. The molecule has 1 saturated heterocycles. The van der Waals surface area contributed by atoms with E-state index in [9.17, 15) is 27.2 Å². The Kier molecular flexibility index (Phi) is 9.23. The predicted molar refractivity (Wildman–Crippen MR) is 145 cm³/mol. The number of amides is 2. The van der Waals surface area contributed by atoms with Gasteiger partial charge in [-0.3, -0.25) is 9.69 Å². The highest BCUT2D eigenvalue weighted by atomic mass is 19.4. The lowest BCUT2D eigenvalue weighted by Gasteiger charge is -2.34. The van der Waals surface area contributed by atoms with Crippen molar-refractivity contribution in [2.75, 3.05) is 50.0 Å². The number of carbonyl (C=O) groups is 1. The maximum atomic E-state index is 14.9. The SMILES string of the molecule is CCOc1cc(=O)[nH]cc1-c1ncc(NC(=O)Nc2cc(C(F)(F)F)c(CN3CCN(CC)CC3)cc2F)c(C)n1. The van der Waals surface area contributed by atoms with Crippen LogP contribution in [0.4, 0.5) is 33.7 Å². The number of likely N-dealkylation sites (N-methyl/N-ethyl adjacent to an activating group) is 1. The van der Waals surface area contributed by atoms with Crippen molar-refractivity contribution in [3.63, 3.8) is 0 Å². The lowest BCUT2D eigenvalue weighted by atomic mass is 10.0. The largest absolute Gasteiger partial charge is 0.493 e. The number of rotatable bonds is 8. The number of aryl methyl sites for hydroxylation is 1. The van der Waals surface area contributed by atoms with E-state index >= 15 is 0 Å². The number of hydrogen-bond donors (Lipinski definition) is 3. The van der Waals surface area contributed by atoms with Crippen LogP contribution >= 0.6 is 0 Å². The molecule has 0 bridgehead atoms. The quantitative estimate of drug-likeness (QED) is 0.338. The Morgan fingerprint density at radius 2 is 1.76 bits per heavy atom. The third kappa shape index (κ3) is 7.38. The van der Waals surface area contributed by atoms with Gasteiger partial charge in [-0.05, 0) is 38.1 Å². The summed E-state index contributed by atoms with van der Waals surface area (Å²) >= 11 is 0. The van der Waals surface area contributed by atoms with E-state index in [1.165, 1.54) is 18.5 Å². The normalized spacial score (nSPS) is 14.6. The van der Waals surface area contributed by atoms with Crippen molar-refractivity contribution in [1.82, 2.24) is 24.8 Å².